The summed E-state index contributed by atoms with van der Waals surface area (Å²) in [5.74, 6) is 0. The average Bonchev–Trinajstić information content (AvgIpc) is 2.14. The second kappa shape index (κ2) is 7.50. The minimum absolute atomic E-state index is 0.317. The van der Waals surface area contributed by atoms with Crippen LogP contribution in [0, 0.1) is 5.41 Å². The standard InChI is InChI=1S/C14H28N2/c1-12(11-15)8-6-7-9-16-13(2)10-14(3,4)5/h16H,1-2,6-11,15H2,3-5H3. The zero-order chi connectivity index (χ0) is 12.6. The summed E-state index contributed by atoms with van der Waals surface area (Å²) in [7, 11) is 0. The first-order valence-corrected chi connectivity index (χ1v) is 6.13. The molecule has 0 fully saturated rings. The molecule has 0 aromatic heterocycles. The first-order chi connectivity index (χ1) is 7.35. The van der Waals surface area contributed by atoms with Crippen molar-refractivity contribution in [3.8, 4) is 0 Å². The Bertz CT molecular complexity index is 223. The third-order valence-corrected chi connectivity index (χ3v) is 2.36. The van der Waals surface area contributed by atoms with E-state index in [9.17, 15) is 0 Å². The zero-order valence-corrected chi connectivity index (χ0v) is 11.2. The molecule has 94 valence electrons. The molecule has 0 radical (unpaired) electrons. The maximum absolute atomic E-state index is 5.48. The molecule has 0 aromatic carbocycles. The molecule has 0 aromatic rings. The second-order valence-corrected chi connectivity index (χ2v) is 5.68. The molecule has 0 aliphatic heterocycles. The minimum atomic E-state index is 0.317. The maximum Gasteiger partial charge on any atom is 0.0143 e. The Kier molecular flexibility index (Phi) is 7.15. The topological polar surface area (TPSA) is 38.0 Å². The maximum atomic E-state index is 5.48. The van der Waals surface area contributed by atoms with Crippen molar-refractivity contribution in [1.82, 2.24) is 5.32 Å². The van der Waals surface area contributed by atoms with Crippen LogP contribution in [0.1, 0.15) is 46.5 Å². The van der Waals surface area contributed by atoms with Gasteiger partial charge in [-0.15, -0.1) is 0 Å². The van der Waals surface area contributed by atoms with Crippen LogP contribution in [0.3, 0.4) is 0 Å². The molecule has 16 heavy (non-hydrogen) atoms. The summed E-state index contributed by atoms with van der Waals surface area (Å²) >= 11 is 0. The van der Waals surface area contributed by atoms with Gasteiger partial charge in [0.05, 0.1) is 0 Å². The Morgan fingerprint density at radius 1 is 1.19 bits per heavy atom. The lowest BCUT2D eigenvalue weighted by molar-refractivity contribution is 0.398. The molecule has 0 aliphatic rings. The summed E-state index contributed by atoms with van der Waals surface area (Å²) in [6.07, 6.45) is 4.39. The lowest BCUT2D eigenvalue weighted by atomic mass is 9.91. The lowest BCUT2D eigenvalue weighted by Gasteiger charge is -2.20. The van der Waals surface area contributed by atoms with E-state index in [0.717, 1.165) is 43.5 Å². The van der Waals surface area contributed by atoms with E-state index in [1.807, 2.05) is 0 Å². The van der Waals surface area contributed by atoms with Crippen molar-refractivity contribution in [1.29, 1.82) is 0 Å². The van der Waals surface area contributed by atoms with Crippen LogP contribution in [0.2, 0.25) is 0 Å². The normalized spacial score (nSPS) is 11.2. The van der Waals surface area contributed by atoms with Gasteiger partial charge in [0.25, 0.3) is 0 Å². The van der Waals surface area contributed by atoms with Crippen LogP contribution in [0.25, 0.3) is 0 Å². The molecule has 0 spiro atoms. The van der Waals surface area contributed by atoms with Gasteiger partial charge in [0.1, 0.15) is 0 Å². The number of hydrogen-bond acceptors (Lipinski definition) is 2. The van der Waals surface area contributed by atoms with E-state index in [1.165, 1.54) is 0 Å². The van der Waals surface area contributed by atoms with Gasteiger partial charge in [-0.1, -0.05) is 39.5 Å². The van der Waals surface area contributed by atoms with Crippen molar-refractivity contribution in [2.24, 2.45) is 11.1 Å². The molecule has 0 heterocycles. The zero-order valence-electron chi connectivity index (χ0n) is 11.2. The van der Waals surface area contributed by atoms with Crippen LogP contribution in [0.4, 0.5) is 0 Å². The van der Waals surface area contributed by atoms with Gasteiger partial charge in [0.15, 0.2) is 0 Å². The van der Waals surface area contributed by atoms with Gasteiger partial charge >= 0.3 is 0 Å². The van der Waals surface area contributed by atoms with Crippen molar-refractivity contribution in [3.05, 3.63) is 24.4 Å². The van der Waals surface area contributed by atoms with Gasteiger partial charge < -0.3 is 11.1 Å². The quantitative estimate of drug-likeness (QED) is 0.491. The van der Waals surface area contributed by atoms with E-state index >= 15 is 0 Å². The van der Waals surface area contributed by atoms with Crippen molar-refractivity contribution >= 4 is 0 Å². The predicted octanol–water partition coefficient (Wildman–Crippen LogP) is 3.21. The van der Waals surface area contributed by atoms with E-state index in [2.05, 4.69) is 39.2 Å². The van der Waals surface area contributed by atoms with E-state index in [0.29, 0.717) is 12.0 Å². The summed E-state index contributed by atoms with van der Waals surface area (Å²) < 4.78 is 0. The summed E-state index contributed by atoms with van der Waals surface area (Å²) in [4.78, 5) is 0. The molecule has 0 rings (SSSR count). The molecule has 0 saturated heterocycles. The van der Waals surface area contributed by atoms with Gasteiger partial charge in [-0.25, -0.2) is 0 Å². The highest BCUT2D eigenvalue weighted by Crippen LogP contribution is 2.21. The summed E-state index contributed by atoms with van der Waals surface area (Å²) in [5.41, 5.74) is 8.08. The van der Waals surface area contributed by atoms with Gasteiger partial charge in [-0.2, -0.15) is 0 Å². The number of nitrogens with one attached hydrogen (secondary N) is 1. The number of nitrogens with two attached hydrogens (primary N) is 1. The van der Waals surface area contributed by atoms with E-state index < -0.39 is 0 Å². The molecular formula is C14H28N2. The first kappa shape index (κ1) is 15.2. The van der Waals surface area contributed by atoms with Crippen LogP contribution < -0.4 is 11.1 Å². The van der Waals surface area contributed by atoms with Crippen molar-refractivity contribution < 1.29 is 0 Å². The smallest absolute Gasteiger partial charge is 0.0143 e. The van der Waals surface area contributed by atoms with Crippen molar-refractivity contribution in [3.63, 3.8) is 0 Å². The Morgan fingerprint density at radius 3 is 2.31 bits per heavy atom. The third kappa shape index (κ3) is 9.78. The van der Waals surface area contributed by atoms with E-state index in [-0.39, 0.29) is 0 Å². The molecule has 2 heteroatoms. The fourth-order valence-electron chi connectivity index (χ4n) is 1.57. The molecule has 0 aliphatic carbocycles. The Hall–Kier alpha value is -0.760. The number of rotatable bonds is 8. The average molecular weight is 224 g/mol. The fraction of sp³-hybridized carbons (Fsp3) is 0.714. The highest BCUT2D eigenvalue weighted by atomic mass is 14.9. The lowest BCUT2D eigenvalue weighted by Crippen LogP contribution is -2.19. The SMILES string of the molecule is C=C(CN)CCCCNC(=C)CC(C)(C)C. The summed E-state index contributed by atoms with van der Waals surface area (Å²) in [5, 5.41) is 3.38. The van der Waals surface area contributed by atoms with Crippen LogP contribution in [0.15, 0.2) is 24.4 Å². The van der Waals surface area contributed by atoms with Crippen molar-refractivity contribution in [2.75, 3.05) is 13.1 Å². The monoisotopic (exact) mass is 224 g/mol. The number of hydrogen-bond donors (Lipinski definition) is 2. The van der Waals surface area contributed by atoms with Gasteiger partial charge in [0.2, 0.25) is 0 Å². The molecular weight excluding hydrogens is 196 g/mol. The second-order valence-electron chi connectivity index (χ2n) is 5.68. The van der Waals surface area contributed by atoms with E-state index in [4.69, 9.17) is 5.73 Å². The third-order valence-electron chi connectivity index (χ3n) is 2.36. The van der Waals surface area contributed by atoms with Crippen LogP contribution in [-0.4, -0.2) is 13.1 Å². The molecule has 0 unspecified atom stereocenters. The predicted molar refractivity (Wildman–Crippen MR) is 73.3 cm³/mol. The molecule has 2 nitrogen and oxygen atoms in total. The Labute approximate surface area is 101 Å². The molecule has 3 N–H and O–H groups in total. The van der Waals surface area contributed by atoms with Gasteiger partial charge in [-0.3, -0.25) is 0 Å². The molecule has 0 bridgehead atoms. The summed E-state index contributed by atoms with van der Waals surface area (Å²) in [6, 6.07) is 0. The molecule has 0 amide bonds. The highest BCUT2D eigenvalue weighted by Gasteiger charge is 2.11. The Morgan fingerprint density at radius 2 is 1.81 bits per heavy atom. The molecule has 0 saturated carbocycles. The van der Waals surface area contributed by atoms with Crippen molar-refractivity contribution in [2.45, 2.75) is 46.5 Å². The summed E-state index contributed by atoms with van der Waals surface area (Å²) in [6.45, 7) is 16.2. The fourth-order valence-corrected chi connectivity index (χ4v) is 1.57. The van der Waals surface area contributed by atoms with Crippen LogP contribution in [0.5, 0.6) is 0 Å². The minimum Gasteiger partial charge on any atom is -0.389 e. The largest absolute Gasteiger partial charge is 0.389 e. The van der Waals surface area contributed by atoms with E-state index in [1.54, 1.807) is 0 Å². The number of allylic oxidation sites excluding steroid dienone is 1. The van der Waals surface area contributed by atoms with Crippen LogP contribution >= 0.6 is 0 Å². The highest BCUT2D eigenvalue weighted by molar-refractivity contribution is 4.96. The Balaban J connectivity index is 3.45. The first-order valence-electron chi connectivity index (χ1n) is 6.13. The van der Waals surface area contributed by atoms with Gasteiger partial charge in [-0.05, 0) is 31.1 Å². The number of unbranched alkanes of at least 4 members (excludes halogenated alkanes) is 1. The molecule has 0 atom stereocenters. The van der Waals surface area contributed by atoms with Crippen LogP contribution in [-0.2, 0) is 0 Å². The van der Waals surface area contributed by atoms with Gasteiger partial charge in [0, 0.05) is 18.8 Å².